The Labute approximate surface area is 486 Å². The van der Waals surface area contributed by atoms with Crippen LogP contribution in [0.25, 0.3) is 83.4 Å². The van der Waals surface area contributed by atoms with Gasteiger partial charge in [0.05, 0.1) is 40.6 Å². The average Bonchev–Trinajstić information content (AvgIpc) is 1.59. The number of pyridine rings is 1. The lowest BCUT2D eigenvalue weighted by atomic mass is 9.80. The molecule has 11 aromatic rings. The van der Waals surface area contributed by atoms with Gasteiger partial charge in [0.2, 0.25) is 0 Å². The standard InChI is InChI=1S/C76H72N4O/c1-73(2,3)53-27-21-25-51(37-53)63-41-55(75(7,8)9)42-65-61-29-17-16-28-60(61)50-24-20-26-52(36-50)66-43-56(76(10,11)12)44-71(77-66)80-67-35-32-49(48-22-14-13-15-23-48)38-64(67)62-34-33-58(46-70(62)80)81-59-40-54(74(4,5)6)39-57(45-59)78-47-79(72(63)65)69-31-19-18-30-68(69)78/h13-46H,47H2,1-12H3/i13D,14D,15D,22D,23D. The number of hydrogen-bond acceptors (Lipinski definition) is 4. The first kappa shape index (κ1) is 46.1. The molecule has 5 nitrogen and oxygen atoms in total. The molecule has 9 aromatic carbocycles. The Morgan fingerprint density at radius 3 is 1.77 bits per heavy atom. The molecule has 0 unspecified atom stereocenters. The number of rotatable bonds is 2. The highest BCUT2D eigenvalue weighted by Crippen LogP contribution is 2.54. The molecule has 81 heavy (non-hydrogen) atoms. The van der Waals surface area contributed by atoms with E-state index in [0.29, 0.717) is 29.5 Å². The largest absolute Gasteiger partial charge is 0.457 e. The smallest absolute Gasteiger partial charge is 0.138 e. The van der Waals surface area contributed by atoms with Gasteiger partial charge in [0.25, 0.3) is 0 Å². The van der Waals surface area contributed by atoms with Crippen molar-refractivity contribution in [3.63, 3.8) is 0 Å². The molecule has 5 heteroatoms. The maximum Gasteiger partial charge on any atom is 0.138 e. The number of nitrogens with zero attached hydrogens (tertiary/aromatic N) is 4. The van der Waals surface area contributed by atoms with Gasteiger partial charge < -0.3 is 14.5 Å². The summed E-state index contributed by atoms with van der Waals surface area (Å²) < 4.78 is 52.9. The van der Waals surface area contributed by atoms with Crippen molar-refractivity contribution in [1.82, 2.24) is 9.55 Å². The highest BCUT2D eigenvalue weighted by atomic mass is 16.5. The van der Waals surface area contributed by atoms with Crippen molar-refractivity contribution in [3.05, 3.63) is 228 Å². The van der Waals surface area contributed by atoms with Crippen LogP contribution in [-0.2, 0) is 21.7 Å². The minimum Gasteiger partial charge on any atom is -0.457 e. The van der Waals surface area contributed by atoms with Gasteiger partial charge in [0, 0.05) is 45.3 Å². The third-order valence-electron chi connectivity index (χ3n) is 16.5. The van der Waals surface area contributed by atoms with Gasteiger partial charge in [-0.25, -0.2) is 4.98 Å². The number of ether oxygens (including phenoxy) is 1. The van der Waals surface area contributed by atoms with Crippen LogP contribution >= 0.6 is 0 Å². The second kappa shape index (κ2) is 19.0. The van der Waals surface area contributed by atoms with Gasteiger partial charge in [0.15, 0.2) is 0 Å². The number of fused-ring (bicyclic) bond motifs is 23. The number of hydrogen-bond donors (Lipinski definition) is 0. The van der Waals surface area contributed by atoms with E-state index >= 15 is 0 Å². The summed E-state index contributed by atoms with van der Waals surface area (Å²) in [4.78, 5) is 10.6. The monoisotopic (exact) mass is 1060 g/mol. The van der Waals surface area contributed by atoms with Gasteiger partial charge in [-0.05, 0) is 156 Å². The summed E-state index contributed by atoms with van der Waals surface area (Å²) in [7, 11) is 0. The summed E-state index contributed by atoms with van der Waals surface area (Å²) in [6.07, 6.45) is 0. The third kappa shape index (κ3) is 9.37. The molecule has 0 amide bonds. The zero-order valence-electron chi connectivity index (χ0n) is 53.6. The first-order chi connectivity index (χ1) is 40.7. The van der Waals surface area contributed by atoms with Crippen molar-refractivity contribution in [1.29, 1.82) is 0 Å². The Kier molecular flexibility index (Phi) is 10.8. The van der Waals surface area contributed by atoms with Crippen LogP contribution in [0, 0.1) is 0 Å². The normalized spacial score (nSPS) is 14.3. The maximum atomic E-state index is 8.98. The number of aromatic nitrogens is 2. The van der Waals surface area contributed by atoms with Crippen molar-refractivity contribution >= 4 is 44.6 Å². The molecule has 0 fully saturated rings. The van der Waals surface area contributed by atoms with E-state index in [1.54, 1.807) is 0 Å². The van der Waals surface area contributed by atoms with Crippen LogP contribution in [0.15, 0.2) is 206 Å². The predicted molar refractivity (Wildman–Crippen MR) is 343 cm³/mol. The Hall–Kier alpha value is -8.67. The number of para-hydroxylation sites is 2. The highest BCUT2D eigenvalue weighted by molar-refractivity contribution is 6.11. The molecule has 402 valence electrons. The minimum absolute atomic E-state index is 0.0810. The SMILES string of the molecule is [2H]c1c([2H])c([2H])c(-c2ccc3c(c2)c2ccc4cc2n3-c2cc(C(C)(C)C)cc(n2)-c2cccc(c2)-c2ccccc2-c2cc(C(C)(C)C)cc(-c3cccc(C(C)(C)C)c3)c2N2CN(c3cc(cc(C(C)(C)C)c3)O4)c3ccccc32)c([2H])c1[2H]. The molecular weight excluding hydrogens is 985 g/mol. The van der Waals surface area contributed by atoms with Crippen LogP contribution in [0.2, 0.25) is 0 Å². The summed E-state index contributed by atoms with van der Waals surface area (Å²) >= 11 is 0. The molecule has 10 bridgehead atoms. The van der Waals surface area contributed by atoms with Crippen molar-refractivity contribution in [2.75, 3.05) is 16.5 Å². The zero-order valence-corrected chi connectivity index (χ0v) is 48.6. The fourth-order valence-corrected chi connectivity index (χ4v) is 11.8. The van der Waals surface area contributed by atoms with Crippen molar-refractivity contribution in [2.24, 2.45) is 0 Å². The quantitative estimate of drug-likeness (QED) is 0.173. The van der Waals surface area contributed by atoms with Crippen molar-refractivity contribution in [3.8, 4) is 73.1 Å². The summed E-state index contributed by atoms with van der Waals surface area (Å²) in [5, 5.41) is 1.72. The molecule has 0 spiro atoms. The average molecular weight is 1060 g/mol. The topological polar surface area (TPSA) is 33.5 Å². The summed E-state index contributed by atoms with van der Waals surface area (Å²) in [6, 6.07) is 61.9. The molecule has 2 aromatic heterocycles. The van der Waals surface area contributed by atoms with E-state index in [1.165, 1.54) is 11.1 Å². The predicted octanol–water partition coefficient (Wildman–Crippen LogP) is 21.1. The third-order valence-corrected chi connectivity index (χ3v) is 16.5. The van der Waals surface area contributed by atoms with Gasteiger partial charge >= 0.3 is 0 Å². The van der Waals surface area contributed by atoms with Gasteiger partial charge in [-0.15, -0.1) is 0 Å². The van der Waals surface area contributed by atoms with E-state index in [2.05, 4.69) is 249 Å². The molecule has 0 atom stereocenters. The summed E-state index contributed by atoms with van der Waals surface area (Å²) in [5.74, 6) is 2.03. The second-order valence-corrected chi connectivity index (χ2v) is 26.3. The fraction of sp³-hybridized carbons (Fsp3) is 0.224. The van der Waals surface area contributed by atoms with Gasteiger partial charge in [-0.3, -0.25) is 4.57 Å². The van der Waals surface area contributed by atoms with Gasteiger partial charge in [0.1, 0.15) is 24.0 Å². The van der Waals surface area contributed by atoms with Crippen LogP contribution in [0.1, 0.15) is 112 Å². The molecule has 2 aliphatic rings. The number of anilines is 4. The second-order valence-electron chi connectivity index (χ2n) is 26.3. The van der Waals surface area contributed by atoms with E-state index in [1.807, 2.05) is 24.3 Å². The Balaban J connectivity index is 1.13. The van der Waals surface area contributed by atoms with E-state index < -0.39 is 6.04 Å². The van der Waals surface area contributed by atoms with Crippen LogP contribution in [0.3, 0.4) is 0 Å². The molecule has 4 heterocycles. The molecule has 0 saturated carbocycles. The lowest BCUT2D eigenvalue weighted by molar-refractivity contribution is 0.479. The minimum atomic E-state index is -0.424. The van der Waals surface area contributed by atoms with Crippen molar-refractivity contribution < 1.29 is 11.6 Å². The molecule has 0 N–H and O–H groups in total. The van der Waals surface area contributed by atoms with E-state index in [4.69, 9.17) is 16.6 Å². The van der Waals surface area contributed by atoms with Crippen LogP contribution in [0.4, 0.5) is 22.7 Å². The van der Waals surface area contributed by atoms with Gasteiger partial charge in [-0.1, -0.05) is 198 Å². The first-order valence-corrected chi connectivity index (χ1v) is 28.4. The molecule has 0 radical (unpaired) electrons. The Morgan fingerprint density at radius 1 is 0.407 bits per heavy atom. The van der Waals surface area contributed by atoms with E-state index in [0.717, 1.165) is 100 Å². The highest BCUT2D eigenvalue weighted by Gasteiger charge is 2.35. The van der Waals surface area contributed by atoms with Crippen molar-refractivity contribution in [2.45, 2.75) is 105 Å². The Morgan fingerprint density at radius 2 is 1.04 bits per heavy atom. The fourth-order valence-electron chi connectivity index (χ4n) is 11.8. The first-order valence-electron chi connectivity index (χ1n) is 30.9. The number of benzene rings is 9. The molecule has 13 rings (SSSR count). The molecule has 0 saturated heterocycles. The lowest BCUT2D eigenvalue weighted by Crippen LogP contribution is -2.26. The lowest BCUT2D eigenvalue weighted by Gasteiger charge is -2.31. The van der Waals surface area contributed by atoms with E-state index in [9.17, 15) is 0 Å². The van der Waals surface area contributed by atoms with Gasteiger partial charge in [-0.2, -0.15) is 0 Å². The Bertz CT molecular complexity index is 4580. The van der Waals surface area contributed by atoms with Crippen LogP contribution in [-0.4, -0.2) is 16.2 Å². The van der Waals surface area contributed by atoms with Crippen LogP contribution in [0.5, 0.6) is 11.5 Å². The zero-order chi connectivity index (χ0) is 60.7. The maximum absolute atomic E-state index is 8.98. The summed E-state index contributed by atoms with van der Waals surface area (Å²) in [6.45, 7) is 27.8. The van der Waals surface area contributed by atoms with E-state index in [-0.39, 0.29) is 51.4 Å². The molecule has 2 aliphatic heterocycles. The summed E-state index contributed by atoms with van der Waals surface area (Å²) in [5.41, 5.74) is 19.1. The van der Waals surface area contributed by atoms with Crippen LogP contribution < -0.4 is 14.5 Å². The molecular formula is C76H72N4O. The molecule has 0 aliphatic carbocycles.